The van der Waals surface area contributed by atoms with Gasteiger partial charge < -0.3 is 21.8 Å². The molecule has 0 fully saturated rings. The number of primary amides is 1. The Kier molecular flexibility index (Phi) is 4.65. The van der Waals surface area contributed by atoms with Crippen LogP contribution in [0, 0.1) is 0 Å². The molecular formula is C18H19N5O2. The van der Waals surface area contributed by atoms with Crippen molar-refractivity contribution >= 4 is 28.5 Å². The summed E-state index contributed by atoms with van der Waals surface area (Å²) >= 11 is 0. The van der Waals surface area contributed by atoms with Gasteiger partial charge in [-0.2, -0.15) is 0 Å². The third-order valence-corrected chi connectivity index (χ3v) is 4.01. The Morgan fingerprint density at radius 2 is 1.92 bits per heavy atom. The lowest BCUT2D eigenvalue weighted by molar-refractivity contribution is -0.121. The highest BCUT2D eigenvalue weighted by molar-refractivity contribution is 5.92. The van der Waals surface area contributed by atoms with Crippen molar-refractivity contribution in [3.8, 4) is 0 Å². The van der Waals surface area contributed by atoms with Crippen molar-refractivity contribution in [3.05, 3.63) is 59.4 Å². The molecule has 2 aromatic heterocycles. The zero-order valence-corrected chi connectivity index (χ0v) is 13.6. The second-order valence-electron chi connectivity index (χ2n) is 5.74. The van der Waals surface area contributed by atoms with Crippen LogP contribution >= 0.6 is 0 Å². The van der Waals surface area contributed by atoms with E-state index in [0.717, 1.165) is 16.5 Å². The molecule has 3 aromatic rings. The normalized spacial score (nSPS) is 10.7. The van der Waals surface area contributed by atoms with E-state index < -0.39 is 5.91 Å². The minimum absolute atomic E-state index is 0.0805. The molecule has 0 aliphatic carbocycles. The fraction of sp³-hybridized carbons (Fsp3) is 0.167. The minimum Gasteiger partial charge on any atom is -0.384 e. The number of nitrogen functional groups attached to an aromatic ring is 1. The first-order chi connectivity index (χ1) is 12.0. The van der Waals surface area contributed by atoms with Gasteiger partial charge in [-0.3, -0.25) is 9.59 Å². The number of pyridine rings is 1. The lowest BCUT2D eigenvalue weighted by atomic mass is 10.1. The highest BCUT2D eigenvalue weighted by Crippen LogP contribution is 2.19. The molecule has 2 heterocycles. The predicted molar refractivity (Wildman–Crippen MR) is 95.6 cm³/mol. The van der Waals surface area contributed by atoms with E-state index in [-0.39, 0.29) is 24.0 Å². The predicted octanol–water partition coefficient (Wildman–Crippen LogP) is 1.49. The van der Waals surface area contributed by atoms with Gasteiger partial charge >= 0.3 is 0 Å². The standard InChI is InChI=1S/C18H19N5O2/c19-15-7-5-12(17(23-15)18(20)25)10-22-16(24)8-6-11-9-21-14-4-2-1-3-13(11)14/h1-5,7,9,21H,6,8,10H2,(H2,19,23)(H2,20,25)(H,22,24). The molecule has 0 saturated carbocycles. The molecule has 25 heavy (non-hydrogen) atoms. The number of hydrogen-bond acceptors (Lipinski definition) is 4. The number of H-pyrrole nitrogens is 1. The van der Waals surface area contributed by atoms with Crippen LogP contribution in [-0.4, -0.2) is 21.8 Å². The molecule has 7 nitrogen and oxygen atoms in total. The van der Waals surface area contributed by atoms with Crippen molar-refractivity contribution in [3.63, 3.8) is 0 Å². The number of fused-ring (bicyclic) bond motifs is 1. The number of amides is 2. The highest BCUT2D eigenvalue weighted by atomic mass is 16.2. The van der Waals surface area contributed by atoms with E-state index >= 15 is 0 Å². The van der Waals surface area contributed by atoms with E-state index in [1.165, 1.54) is 0 Å². The van der Waals surface area contributed by atoms with Crippen LogP contribution in [0.25, 0.3) is 10.9 Å². The van der Waals surface area contributed by atoms with E-state index in [1.807, 2.05) is 30.5 Å². The summed E-state index contributed by atoms with van der Waals surface area (Å²) in [6, 6.07) is 11.2. The van der Waals surface area contributed by atoms with Crippen LogP contribution in [0.5, 0.6) is 0 Å². The van der Waals surface area contributed by atoms with Crippen LogP contribution in [0.1, 0.15) is 28.0 Å². The number of nitrogens with one attached hydrogen (secondary N) is 2. The fourth-order valence-corrected chi connectivity index (χ4v) is 2.73. The summed E-state index contributed by atoms with van der Waals surface area (Å²) in [7, 11) is 0. The van der Waals surface area contributed by atoms with Crippen molar-refractivity contribution in [1.82, 2.24) is 15.3 Å². The van der Waals surface area contributed by atoms with Gasteiger partial charge in [0.2, 0.25) is 5.91 Å². The fourth-order valence-electron chi connectivity index (χ4n) is 2.73. The molecule has 0 radical (unpaired) electrons. The van der Waals surface area contributed by atoms with Crippen molar-refractivity contribution in [2.24, 2.45) is 5.73 Å². The van der Waals surface area contributed by atoms with E-state index in [2.05, 4.69) is 15.3 Å². The highest BCUT2D eigenvalue weighted by Gasteiger charge is 2.12. The Bertz CT molecular complexity index is 932. The average molecular weight is 337 g/mol. The van der Waals surface area contributed by atoms with Crippen LogP contribution < -0.4 is 16.8 Å². The number of aromatic nitrogens is 2. The zero-order chi connectivity index (χ0) is 17.8. The van der Waals surface area contributed by atoms with Crippen LogP contribution in [0.2, 0.25) is 0 Å². The molecule has 6 N–H and O–H groups in total. The van der Waals surface area contributed by atoms with Gasteiger partial charge in [-0.25, -0.2) is 4.98 Å². The monoisotopic (exact) mass is 337 g/mol. The second-order valence-corrected chi connectivity index (χ2v) is 5.74. The van der Waals surface area contributed by atoms with Crippen LogP contribution in [-0.2, 0) is 17.8 Å². The maximum absolute atomic E-state index is 12.1. The molecule has 7 heteroatoms. The van der Waals surface area contributed by atoms with Gasteiger partial charge in [0.05, 0.1) is 0 Å². The molecule has 0 unspecified atom stereocenters. The van der Waals surface area contributed by atoms with Crippen LogP contribution in [0.4, 0.5) is 5.82 Å². The largest absolute Gasteiger partial charge is 0.384 e. The van der Waals surface area contributed by atoms with Crippen molar-refractivity contribution < 1.29 is 9.59 Å². The second kappa shape index (κ2) is 7.04. The van der Waals surface area contributed by atoms with Crippen LogP contribution in [0.3, 0.4) is 0 Å². The van der Waals surface area contributed by atoms with Gasteiger partial charge in [-0.1, -0.05) is 24.3 Å². The van der Waals surface area contributed by atoms with Gasteiger partial charge in [0, 0.05) is 35.6 Å². The lowest BCUT2D eigenvalue weighted by Gasteiger charge is -2.08. The van der Waals surface area contributed by atoms with Gasteiger partial charge in [0.1, 0.15) is 11.5 Å². The number of carbonyl (C=O) groups is 2. The number of aromatic amines is 1. The van der Waals surface area contributed by atoms with Gasteiger partial charge in [0.25, 0.3) is 5.91 Å². The minimum atomic E-state index is -0.671. The lowest BCUT2D eigenvalue weighted by Crippen LogP contribution is -2.26. The molecule has 0 aliphatic heterocycles. The van der Waals surface area contributed by atoms with Gasteiger partial charge in [-0.05, 0) is 24.1 Å². The van der Waals surface area contributed by atoms with Crippen molar-refractivity contribution in [2.75, 3.05) is 5.73 Å². The molecule has 1 aromatic carbocycles. The zero-order valence-electron chi connectivity index (χ0n) is 13.6. The van der Waals surface area contributed by atoms with Crippen molar-refractivity contribution in [2.45, 2.75) is 19.4 Å². The number of nitrogens with two attached hydrogens (primary N) is 2. The summed E-state index contributed by atoms with van der Waals surface area (Å²) in [5.41, 5.74) is 13.6. The molecule has 0 spiro atoms. The van der Waals surface area contributed by atoms with Gasteiger partial charge in [0.15, 0.2) is 0 Å². The molecular weight excluding hydrogens is 318 g/mol. The maximum Gasteiger partial charge on any atom is 0.267 e. The summed E-state index contributed by atoms with van der Waals surface area (Å²) in [5.74, 6) is -0.573. The molecule has 0 atom stereocenters. The first-order valence-corrected chi connectivity index (χ1v) is 7.91. The third kappa shape index (κ3) is 3.77. The van der Waals surface area contributed by atoms with E-state index in [0.29, 0.717) is 18.4 Å². The topological polar surface area (TPSA) is 127 Å². The van der Waals surface area contributed by atoms with Crippen LogP contribution in [0.15, 0.2) is 42.6 Å². The first kappa shape index (κ1) is 16.5. The van der Waals surface area contributed by atoms with E-state index in [1.54, 1.807) is 12.1 Å². The molecule has 3 rings (SSSR count). The number of hydrogen-bond donors (Lipinski definition) is 4. The maximum atomic E-state index is 12.1. The summed E-state index contributed by atoms with van der Waals surface area (Å²) < 4.78 is 0. The molecule has 0 saturated heterocycles. The average Bonchev–Trinajstić information content (AvgIpc) is 3.02. The number of benzene rings is 1. The summed E-state index contributed by atoms with van der Waals surface area (Å²) in [4.78, 5) is 30.6. The van der Waals surface area contributed by atoms with E-state index in [4.69, 9.17) is 11.5 Å². The Balaban J connectivity index is 1.59. The molecule has 0 aliphatic rings. The Labute approximate surface area is 144 Å². The quantitative estimate of drug-likeness (QED) is 0.543. The number of para-hydroxylation sites is 1. The smallest absolute Gasteiger partial charge is 0.267 e. The van der Waals surface area contributed by atoms with E-state index in [9.17, 15) is 9.59 Å². The summed E-state index contributed by atoms with van der Waals surface area (Å²) in [5, 5.41) is 3.91. The summed E-state index contributed by atoms with van der Waals surface area (Å²) in [6.45, 7) is 0.179. The summed E-state index contributed by atoms with van der Waals surface area (Å²) in [6.07, 6.45) is 2.89. The Hall–Kier alpha value is -3.35. The Morgan fingerprint density at radius 3 is 2.72 bits per heavy atom. The Morgan fingerprint density at radius 1 is 1.12 bits per heavy atom. The first-order valence-electron chi connectivity index (χ1n) is 7.91. The molecule has 128 valence electrons. The number of aryl methyl sites for hydroxylation is 1. The number of rotatable bonds is 6. The molecule has 0 bridgehead atoms. The van der Waals surface area contributed by atoms with Gasteiger partial charge in [-0.15, -0.1) is 0 Å². The molecule has 2 amide bonds. The van der Waals surface area contributed by atoms with Crippen molar-refractivity contribution in [1.29, 1.82) is 0 Å². The number of carbonyl (C=O) groups excluding carboxylic acids is 2. The SMILES string of the molecule is NC(=O)c1nc(N)ccc1CNC(=O)CCc1c[nH]c2ccccc12. The number of nitrogens with zero attached hydrogens (tertiary/aromatic N) is 1. The number of anilines is 1. The third-order valence-electron chi connectivity index (χ3n) is 4.01.